The highest BCUT2D eigenvalue weighted by Crippen LogP contribution is 2.33. The summed E-state index contributed by atoms with van der Waals surface area (Å²) in [6.45, 7) is 7.20. The van der Waals surface area contributed by atoms with Crippen molar-refractivity contribution in [2.75, 3.05) is 37.7 Å². The van der Waals surface area contributed by atoms with Crippen LogP contribution >= 0.6 is 0 Å². The van der Waals surface area contributed by atoms with Crippen molar-refractivity contribution in [3.05, 3.63) is 35.4 Å². The van der Waals surface area contributed by atoms with E-state index in [1.807, 2.05) is 0 Å². The number of hydrogen-bond acceptors (Lipinski definition) is 5. The lowest BCUT2D eigenvalue weighted by atomic mass is 10.0. The Morgan fingerprint density at radius 1 is 1.25 bits per heavy atom. The first-order valence-corrected chi connectivity index (χ1v) is 8.90. The number of nitrogens with one attached hydrogen (secondary N) is 1. The molecule has 1 saturated heterocycles. The number of rotatable bonds is 6. The SMILES string of the molecule is Cc1cccc(-c2noc(N3CCOCC3)c2CNCC2CC2)c1. The molecule has 4 rings (SSSR count). The van der Waals surface area contributed by atoms with Crippen molar-refractivity contribution in [2.45, 2.75) is 26.3 Å². The average Bonchev–Trinajstić information content (AvgIpc) is 3.33. The summed E-state index contributed by atoms with van der Waals surface area (Å²) in [7, 11) is 0. The summed E-state index contributed by atoms with van der Waals surface area (Å²) in [5.41, 5.74) is 4.49. The number of ether oxygens (including phenoxy) is 1. The largest absolute Gasteiger partial charge is 0.378 e. The van der Waals surface area contributed by atoms with Crippen molar-refractivity contribution in [2.24, 2.45) is 5.92 Å². The lowest BCUT2D eigenvalue weighted by Crippen LogP contribution is -2.36. The molecule has 24 heavy (non-hydrogen) atoms. The average molecular weight is 327 g/mol. The summed E-state index contributed by atoms with van der Waals surface area (Å²) < 4.78 is 11.3. The molecule has 128 valence electrons. The van der Waals surface area contributed by atoms with Crippen LogP contribution in [0.3, 0.4) is 0 Å². The van der Waals surface area contributed by atoms with Gasteiger partial charge in [0.05, 0.1) is 18.8 Å². The van der Waals surface area contributed by atoms with Crippen molar-refractivity contribution in [1.82, 2.24) is 10.5 Å². The van der Waals surface area contributed by atoms with Crippen LogP contribution in [-0.2, 0) is 11.3 Å². The van der Waals surface area contributed by atoms with Gasteiger partial charge in [0.15, 0.2) is 0 Å². The molecule has 2 heterocycles. The molecule has 0 atom stereocenters. The van der Waals surface area contributed by atoms with Gasteiger partial charge in [0.1, 0.15) is 5.69 Å². The zero-order chi connectivity index (χ0) is 16.4. The van der Waals surface area contributed by atoms with E-state index < -0.39 is 0 Å². The molecule has 2 aromatic rings. The lowest BCUT2D eigenvalue weighted by Gasteiger charge is -2.26. The number of nitrogens with zero attached hydrogens (tertiary/aromatic N) is 2. The van der Waals surface area contributed by atoms with E-state index in [4.69, 9.17) is 9.26 Å². The molecule has 1 N–H and O–H groups in total. The van der Waals surface area contributed by atoms with Gasteiger partial charge in [-0.25, -0.2) is 0 Å². The van der Waals surface area contributed by atoms with Crippen LogP contribution < -0.4 is 10.2 Å². The maximum Gasteiger partial charge on any atom is 0.232 e. The topological polar surface area (TPSA) is 50.5 Å². The van der Waals surface area contributed by atoms with E-state index in [0.29, 0.717) is 0 Å². The molecule has 0 spiro atoms. The Kier molecular flexibility index (Phi) is 4.54. The first kappa shape index (κ1) is 15.7. The lowest BCUT2D eigenvalue weighted by molar-refractivity contribution is 0.120. The minimum Gasteiger partial charge on any atom is -0.378 e. The molecule has 1 aliphatic heterocycles. The Hall–Kier alpha value is -1.85. The van der Waals surface area contributed by atoms with E-state index in [1.54, 1.807) is 0 Å². The zero-order valence-corrected chi connectivity index (χ0v) is 14.3. The fourth-order valence-electron chi connectivity index (χ4n) is 3.22. The fourth-order valence-corrected chi connectivity index (χ4v) is 3.22. The molecule has 2 fully saturated rings. The molecule has 1 saturated carbocycles. The molecule has 1 aliphatic carbocycles. The minimum absolute atomic E-state index is 0.745. The molecule has 5 nitrogen and oxygen atoms in total. The van der Waals surface area contributed by atoms with Gasteiger partial charge in [-0.05, 0) is 38.3 Å². The molecule has 5 heteroatoms. The molecule has 0 bridgehead atoms. The predicted octanol–water partition coefficient (Wildman–Crippen LogP) is 2.99. The van der Waals surface area contributed by atoms with E-state index >= 15 is 0 Å². The van der Waals surface area contributed by atoms with Crippen LogP contribution in [0.25, 0.3) is 11.3 Å². The Balaban J connectivity index is 1.62. The van der Waals surface area contributed by atoms with Crippen LogP contribution in [0.15, 0.2) is 28.8 Å². The van der Waals surface area contributed by atoms with E-state index in [0.717, 1.165) is 62.5 Å². The standard InChI is InChI=1S/C19H25N3O2/c1-14-3-2-4-16(11-14)18-17(13-20-12-15-5-6-15)19(24-21-18)22-7-9-23-10-8-22/h2-4,11,15,20H,5-10,12-13H2,1H3. The van der Waals surface area contributed by atoms with Gasteiger partial charge in [-0.3, -0.25) is 0 Å². The zero-order valence-electron chi connectivity index (χ0n) is 14.3. The van der Waals surface area contributed by atoms with Crippen LogP contribution in [0.4, 0.5) is 5.88 Å². The fraction of sp³-hybridized carbons (Fsp3) is 0.526. The molecule has 0 unspecified atom stereocenters. The molecule has 1 aromatic heterocycles. The molecule has 2 aliphatic rings. The Morgan fingerprint density at radius 3 is 2.83 bits per heavy atom. The number of hydrogen-bond donors (Lipinski definition) is 1. The van der Waals surface area contributed by atoms with Gasteiger partial charge in [-0.1, -0.05) is 28.9 Å². The van der Waals surface area contributed by atoms with Crippen molar-refractivity contribution in [3.8, 4) is 11.3 Å². The first-order valence-electron chi connectivity index (χ1n) is 8.90. The molecule has 0 amide bonds. The molecular formula is C19H25N3O2. The van der Waals surface area contributed by atoms with Crippen molar-refractivity contribution in [1.29, 1.82) is 0 Å². The Labute approximate surface area is 143 Å². The second-order valence-electron chi connectivity index (χ2n) is 6.86. The van der Waals surface area contributed by atoms with Crippen LogP contribution in [0.1, 0.15) is 24.0 Å². The van der Waals surface area contributed by atoms with Gasteiger partial charge in [0.25, 0.3) is 0 Å². The van der Waals surface area contributed by atoms with Crippen LogP contribution in [0.2, 0.25) is 0 Å². The van der Waals surface area contributed by atoms with E-state index in [9.17, 15) is 0 Å². The number of morpholine rings is 1. The van der Waals surface area contributed by atoms with Crippen LogP contribution in [0.5, 0.6) is 0 Å². The molecule has 0 radical (unpaired) electrons. The summed E-state index contributed by atoms with van der Waals surface area (Å²) >= 11 is 0. The van der Waals surface area contributed by atoms with Crippen LogP contribution in [0, 0.1) is 12.8 Å². The molecular weight excluding hydrogens is 302 g/mol. The predicted molar refractivity (Wildman–Crippen MR) is 94.1 cm³/mol. The van der Waals surface area contributed by atoms with Gasteiger partial charge in [0.2, 0.25) is 5.88 Å². The maximum absolute atomic E-state index is 5.78. The highest BCUT2D eigenvalue weighted by atomic mass is 16.5. The second-order valence-corrected chi connectivity index (χ2v) is 6.86. The number of anilines is 1. The molecule has 1 aromatic carbocycles. The summed E-state index contributed by atoms with van der Waals surface area (Å²) in [5.74, 6) is 1.76. The number of benzene rings is 1. The third-order valence-electron chi connectivity index (χ3n) is 4.79. The van der Waals surface area contributed by atoms with Gasteiger partial charge in [-0.2, -0.15) is 0 Å². The summed E-state index contributed by atoms with van der Waals surface area (Å²) in [4.78, 5) is 2.25. The maximum atomic E-state index is 5.78. The van der Waals surface area contributed by atoms with Gasteiger partial charge in [-0.15, -0.1) is 0 Å². The highest BCUT2D eigenvalue weighted by molar-refractivity contribution is 5.68. The summed E-state index contributed by atoms with van der Waals surface area (Å²) in [6.07, 6.45) is 2.72. The third kappa shape index (κ3) is 3.47. The van der Waals surface area contributed by atoms with Gasteiger partial charge >= 0.3 is 0 Å². The van der Waals surface area contributed by atoms with Gasteiger partial charge < -0.3 is 19.5 Å². The van der Waals surface area contributed by atoms with Crippen molar-refractivity contribution >= 4 is 5.88 Å². The van der Waals surface area contributed by atoms with E-state index in [2.05, 4.69) is 46.6 Å². The normalized spacial score (nSPS) is 18.1. The number of aryl methyl sites for hydroxylation is 1. The van der Waals surface area contributed by atoms with E-state index in [1.165, 1.54) is 24.0 Å². The Bertz CT molecular complexity index is 688. The highest BCUT2D eigenvalue weighted by Gasteiger charge is 2.25. The smallest absolute Gasteiger partial charge is 0.232 e. The second kappa shape index (κ2) is 6.95. The first-order chi connectivity index (χ1) is 11.8. The minimum atomic E-state index is 0.745. The summed E-state index contributed by atoms with van der Waals surface area (Å²) in [5, 5.41) is 8.01. The quantitative estimate of drug-likeness (QED) is 0.884. The van der Waals surface area contributed by atoms with Gasteiger partial charge in [0, 0.05) is 25.2 Å². The van der Waals surface area contributed by atoms with Crippen molar-refractivity contribution in [3.63, 3.8) is 0 Å². The monoisotopic (exact) mass is 327 g/mol. The number of aromatic nitrogens is 1. The summed E-state index contributed by atoms with van der Waals surface area (Å²) in [6, 6.07) is 8.47. The van der Waals surface area contributed by atoms with Crippen molar-refractivity contribution < 1.29 is 9.26 Å². The van der Waals surface area contributed by atoms with Crippen LogP contribution in [-0.4, -0.2) is 38.0 Å². The third-order valence-corrected chi connectivity index (χ3v) is 4.79. The van der Waals surface area contributed by atoms with E-state index in [-0.39, 0.29) is 0 Å². The Morgan fingerprint density at radius 2 is 2.08 bits per heavy atom.